The van der Waals surface area contributed by atoms with Crippen molar-refractivity contribution in [1.29, 1.82) is 0 Å². The van der Waals surface area contributed by atoms with E-state index in [1.54, 1.807) is 16.9 Å². The van der Waals surface area contributed by atoms with Crippen molar-refractivity contribution in [3.63, 3.8) is 0 Å². The summed E-state index contributed by atoms with van der Waals surface area (Å²) < 4.78 is 10.7. The average molecular weight is 402 g/mol. The van der Waals surface area contributed by atoms with Crippen LogP contribution >= 0.6 is 0 Å². The third-order valence-electron chi connectivity index (χ3n) is 5.67. The first kappa shape index (κ1) is 21.3. The average Bonchev–Trinajstić information content (AvgIpc) is 3.37. The number of aliphatic hydroxyl groups is 1. The summed E-state index contributed by atoms with van der Waals surface area (Å²) in [6.45, 7) is 3.78. The zero-order valence-electron chi connectivity index (χ0n) is 17.1. The number of carbonyl (C=O) groups excluding carboxylic acids is 2. The van der Waals surface area contributed by atoms with Crippen LogP contribution in [-0.4, -0.2) is 61.5 Å². The number of benzene rings is 1. The van der Waals surface area contributed by atoms with Gasteiger partial charge in [0, 0.05) is 31.7 Å². The molecule has 3 atom stereocenters. The smallest absolute Gasteiger partial charge is 0.414 e. The summed E-state index contributed by atoms with van der Waals surface area (Å²) in [6, 6.07) is 7.68. The van der Waals surface area contributed by atoms with E-state index in [1.807, 2.05) is 43.3 Å². The van der Waals surface area contributed by atoms with E-state index in [-0.39, 0.29) is 36.7 Å². The summed E-state index contributed by atoms with van der Waals surface area (Å²) in [5.74, 6) is 0.128. The predicted molar refractivity (Wildman–Crippen MR) is 110 cm³/mol. The predicted octanol–water partition coefficient (Wildman–Crippen LogP) is 2.90. The van der Waals surface area contributed by atoms with Crippen LogP contribution < -0.4 is 4.90 Å². The van der Waals surface area contributed by atoms with E-state index in [0.29, 0.717) is 19.6 Å². The van der Waals surface area contributed by atoms with Crippen LogP contribution in [0.15, 0.2) is 36.4 Å². The second-order valence-corrected chi connectivity index (χ2v) is 7.57. The molecule has 7 heteroatoms. The molecule has 0 radical (unpaired) electrons. The number of ether oxygens (including phenoxy) is 2. The van der Waals surface area contributed by atoms with E-state index in [9.17, 15) is 14.7 Å². The van der Waals surface area contributed by atoms with Crippen LogP contribution in [0.5, 0.6) is 0 Å². The summed E-state index contributed by atoms with van der Waals surface area (Å²) in [7, 11) is 1.67. The van der Waals surface area contributed by atoms with Crippen molar-refractivity contribution >= 4 is 17.7 Å². The van der Waals surface area contributed by atoms with E-state index >= 15 is 0 Å². The number of rotatable bonds is 8. The summed E-state index contributed by atoms with van der Waals surface area (Å²) in [5.41, 5.74) is 1.82. The van der Waals surface area contributed by atoms with Gasteiger partial charge in [0.25, 0.3) is 0 Å². The lowest BCUT2D eigenvalue weighted by molar-refractivity contribution is -0.131. The van der Waals surface area contributed by atoms with Crippen molar-refractivity contribution < 1.29 is 24.2 Å². The molecule has 2 amide bonds. The lowest BCUT2D eigenvalue weighted by Gasteiger charge is -2.23. The Labute approximate surface area is 171 Å². The van der Waals surface area contributed by atoms with E-state index in [0.717, 1.165) is 30.6 Å². The van der Waals surface area contributed by atoms with Gasteiger partial charge in [-0.2, -0.15) is 0 Å². The molecule has 1 aromatic rings. The molecular weight excluding hydrogens is 372 g/mol. The minimum absolute atomic E-state index is 0.0305. The first-order valence-corrected chi connectivity index (χ1v) is 10.2. The van der Waals surface area contributed by atoms with Crippen molar-refractivity contribution in [3.8, 4) is 0 Å². The quantitative estimate of drug-likeness (QED) is 0.677. The van der Waals surface area contributed by atoms with Crippen LogP contribution in [0.2, 0.25) is 0 Å². The van der Waals surface area contributed by atoms with Gasteiger partial charge in [-0.05, 0) is 30.5 Å². The number of aliphatic hydroxyl groups excluding tert-OH is 1. The lowest BCUT2D eigenvalue weighted by Crippen LogP contribution is -2.37. The number of anilines is 1. The lowest BCUT2D eigenvalue weighted by atomic mass is 9.96. The highest BCUT2D eigenvalue weighted by Gasteiger charge is 2.27. The van der Waals surface area contributed by atoms with Crippen LogP contribution in [0.25, 0.3) is 0 Å². The first-order valence-electron chi connectivity index (χ1n) is 10.2. The largest absolute Gasteiger partial charge is 0.447 e. The molecule has 2 fully saturated rings. The number of hydrogen-bond acceptors (Lipinski definition) is 5. The zero-order chi connectivity index (χ0) is 20.8. The maximum absolute atomic E-state index is 12.4. The van der Waals surface area contributed by atoms with E-state index < -0.39 is 0 Å². The molecule has 29 heavy (non-hydrogen) atoms. The third-order valence-corrected chi connectivity index (χ3v) is 5.67. The highest BCUT2D eigenvalue weighted by atomic mass is 16.6. The van der Waals surface area contributed by atoms with Gasteiger partial charge < -0.3 is 19.5 Å². The fourth-order valence-corrected chi connectivity index (χ4v) is 4.08. The fourth-order valence-electron chi connectivity index (χ4n) is 4.08. The molecular formula is C22H30N2O5. The van der Waals surface area contributed by atoms with Crippen molar-refractivity contribution in [3.05, 3.63) is 42.0 Å². The van der Waals surface area contributed by atoms with Gasteiger partial charge in [0.2, 0.25) is 5.91 Å². The monoisotopic (exact) mass is 402 g/mol. The molecule has 1 N–H and O–H groups in total. The maximum Gasteiger partial charge on any atom is 0.414 e. The van der Waals surface area contributed by atoms with Crippen LogP contribution in [0.1, 0.15) is 37.9 Å². The summed E-state index contributed by atoms with van der Waals surface area (Å²) in [6.07, 6.45) is 5.57. The van der Waals surface area contributed by atoms with Gasteiger partial charge in [-0.1, -0.05) is 31.2 Å². The fraction of sp³-hybridized carbons (Fsp3) is 0.545. The number of amides is 2. The van der Waals surface area contributed by atoms with Gasteiger partial charge in [0.1, 0.15) is 6.61 Å². The Morgan fingerprint density at radius 2 is 2.10 bits per heavy atom. The van der Waals surface area contributed by atoms with E-state index in [2.05, 4.69) is 0 Å². The van der Waals surface area contributed by atoms with Crippen molar-refractivity contribution in [2.75, 3.05) is 38.3 Å². The van der Waals surface area contributed by atoms with Crippen LogP contribution in [0.3, 0.4) is 0 Å². The van der Waals surface area contributed by atoms with E-state index in [1.165, 1.54) is 0 Å². The number of nitrogens with zero attached hydrogens (tertiary/aromatic N) is 2. The van der Waals surface area contributed by atoms with Gasteiger partial charge >= 0.3 is 6.09 Å². The Kier molecular flexibility index (Phi) is 7.28. The van der Waals surface area contributed by atoms with Crippen molar-refractivity contribution in [1.82, 2.24) is 4.90 Å². The number of likely N-dealkylation sites (tertiary alicyclic amines) is 1. The second-order valence-electron chi connectivity index (χ2n) is 7.57. The SMILES string of the molecule is CO[C@H](c1ccc(N2CCOC2=O)cc1)[C@H](C)/C=C/CC(=O)N1CCC[C@H]1CO. The Balaban J connectivity index is 1.58. The number of carbonyl (C=O) groups is 2. The molecule has 2 aliphatic heterocycles. The molecule has 0 bridgehead atoms. The number of hydrogen-bond donors (Lipinski definition) is 1. The minimum Gasteiger partial charge on any atom is -0.447 e. The second kappa shape index (κ2) is 9.89. The van der Waals surface area contributed by atoms with Gasteiger partial charge in [-0.3, -0.25) is 9.69 Å². The molecule has 2 heterocycles. The van der Waals surface area contributed by atoms with Crippen LogP contribution in [-0.2, 0) is 14.3 Å². The van der Waals surface area contributed by atoms with Gasteiger partial charge in [-0.25, -0.2) is 4.79 Å². The minimum atomic E-state index is -0.316. The maximum atomic E-state index is 12.4. The third kappa shape index (κ3) is 4.97. The Hall–Kier alpha value is -2.38. The number of cyclic esters (lactones) is 1. The highest BCUT2D eigenvalue weighted by Crippen LogP contribution is 2.29. The van der Waals surface area contributed by atoms with Gasteiger partial charge in [-0.15, -0.1) is 0 Å². The summed E-state index contributed by atoms with van der Waals surface area (Å²) in [4.78, 5) is 27.5. The highest BCUT2D eigenvalue weighted by molar-refractivity contribution is 5.89. The molecule has 158 valence electrons. The normalized spacial score (nSPS) is 21.6. The van der Waals surface area contributed by atoms with Crippen LogP contribution in [0.4, 0.5) is 10.5 Å². The molecule has 0 aromatic heterocycles. The molecule has 2 aliphatic rings. The van der Waals surface area contributed by atoms with Crippen LogP contribution in [0, 0.1) is 5.92 Å². The molecule has 1 aromatic carbocycles. The molecule has 0 saturated carbocycles. The Bertz CT molecular complexity index is 733. The Morgan fingerprint density at radius 1 is 1.34 bits per heavy atom. The van der Waals surface area contributed by atoms with E-state index in [4.69, 9.17) is 9.47 Å². The topological polar surface area (TPSA) is 79.3 Å². The molecule has 2 saturated heterocycles. The van der Waals surface area contributed by atoms with Crippen molar-refractivity contribution in [2.24, 2.45) is 5.92 Å². The summed E-state index contributed by atoms with van der Waals surface area (Å²) in [5, 5.41) is 9.38. The first-order chi connectivity index (χ1) is 14.0. The Morgan fingerprint density at radius 3 is 2.72 bits per heavy atom. The zero-order valence-corrected chi connectivity index (χ0v) is 17.1. The standard InChI is InChI=1S/C22H30N2O5/c1-16(5-3-7-20(26)23-12-4-6-19(23)15-25)21(28-2)17-8-10-18(11-9-17)24-13-14-29-22(24)27/h3,5,8-11,16,19,21,25H,4,6-7,12-15H2,1-2H3/b5-3+/t16-,19+,21+/m1/s1. The van der Waals surface area contributed by atoms with Crippen molar-refractivity contribution in [2.45, 2.75) is 38.3 Å². The number of methoxy groups -OCH3 is 1. The molecule has 3 rings (SSSR count). The van der Waals surface area contributed by atoms with Gasteiger partial charge in [0.15, 0.2) is 0 Å². The van der Waals surface area contributed by atoms with Gasteiger partial charge in [0.05, 0.1) is 25.3 Å². The molecule has 0 spiro atoms. The molecule has 0 unspecified atom stereocenters. The molecule has 0 aliphatic carbocycles. The summed E-state index contributed by atoms with van der Waals surface area (Å²) >= 11 is 0. The molecule has 7 nitrogen and oxygen atoms in total.